The monoisotopic (exact) mass is 484 g/mol. The molecule has 0 radical (unpaired) electrons. The van der Waals surface area contributed by atoms with Crippen molar-refractivity contribution in [2.45, 2.75) is 52.1 Å². The molecule has 0 aromatic rings. The van der Waals surface area contributed by atoms with Gasteiger partial charge in [-0.2, -0.15) is 0 Å². The zero-order chi connectivity index (χ0) is 26.1. The van der Waals surface area contributed by atoms with Crippen molar-refractivity contribution in [3.8, 4) is 0 Å². The summed E-state index contributed by atoms with van der Waals surface area (Å²) in [6.45, 7) is 11.0. The van der Waals surface area contributed by atoms with Crippen LogP contribution in [0.1, 0.15) is 40.0 Å². The largest absolute Gasteiger partial charge is 0.370 e. The van der Waals surface area contributed by atoms with Crippen molar-refractivity contribution in [2.24, 2.45) is 27.8 Å². The molecule has 0 fully saturated rings. The molecule has 5 N–H and O–H groups in total. The van der Waals surface area contributed by atoms with Crippen molar-refractivity contribution >= 4 is 11.7 Å². The number of rotatable bonds is 10. The van der Waals surface area contributed by atoms with Crippen LogP contribution in [-0.2, 0) is 4.79 Å². The molecule has 0 amide bonds. The predicted molar refractivity (Wildman–Crippen MR) is 152 cm³/mol. The van der Waals surface area contributed by atoms with Gasteiger partial charge in [-0.1, -0.05) is 92.5 Å². The summed E-state index contributed by atoms with van der Waals surface area (Å²) in [4.78, 5) is 18.3. The molecule has 0 aliphatic heterocycles. The van der Waals surface area contributed by atoms with E-state index in [0.29, 0.717) is 13.0 Å². The molecule has 5 nitrogen and oxygen atoms in total. The molecule has 0 bridgehead atoms. The Morgan fingerprint density at radius 1 is 1.06 bits per heavy atom. The predicted octanol–water partition coefficient (Wildman–Crippen LogP) is 5.15. The Morgan fingerprint density at radius 3 is 2.50 bits per heavy atom. The van der Waals surface area contributed by atoms with Gasteiger partial charge in [-0.25, -0.2) is 0 Å². The first-order chi connectivity index (χ1) is 17.2. The molecule has 190 valence electrons. The average molecular weight is 485 g/mol. The molecule has 0 aromatic carbocycles. The Hall–Kier alpha value is -3.44. The van der Waals surface area contributed by atoms with E-state index >= 15 is 0 Å². The Balaban J connectivity index is 1.85. The first kappa shape index (κ1) is 27.2. The number of ketones is 1. The third-order valence-electron chi connectivity index (χ3n) is 6.86. The third kappa shape index (κ3) is 7.79. The van der Waals surface area contributed by atoms with E-state index in [9.17, 15) is 4.79 Å². The third-order valence-corrected chi connectivity index (χ3v) is 6.86. The lowest BCUT2D eigenvalue weighted by Crippen LogP contribution is -2.49. The van der Waals surface area contributed by atoms with Crippen LogP contribution in [0.25, 0.3) is 0 Å². The van der Waals surface area contributed by atoms with Crippen molar-refractivity contribution in [3.05, 3.63) is 108 Å². The number of nitrogens with one attached hydrogen (secondary N) is 1. The average Bonchev–Trinajstić information content (AvgIpc) is 3.54. The van der Waals surface area contributed by atoms with Gasteiger partial charge in [0.15, 0.2) is 11.7 Å². The van der Waals surface area contributed by atoms with Gasteiger partial charge in [0.1, 0.15) is 0 Å². The summed E-state index contributed by atoms with van der Waals surface area (Å²) < 4.78 is 0. The van der Waals surface area contributed by atoms with E-state index in [-0.39, 0.29) is 29.7 Å². The van der Waals surface area contributed by atoms with Crippen LogP contribution in [0, 0.1) is 11.3 Å². The number of nitrogens with zero attached hydrogens (tertiary/aromatic N) is 1. The minimum atomic E-state index is -0.676. The smallest absolute Gasteiger partial charge is 0.185 e. The van der Waals surface area contributed by atoms with Gasteiger partial charge in [0.2, 0.25) is 0 Å². The first-order valence-corrected chi connectivity index (χ1v) is 12.7. The minimum Gasteiger partial charge on any atom is -0.370 e. The van der Waals surface area contributed by atoms with Crippen molar-refractivity contribution in [1.82, 2.24) is 5.32 Å². The molecule has 3 unspecified atom stereocenters. The van der Waals surface area contributed by atoms with Gasteiger partial charge >= 0.3 is 0 Å². The highest BCUT2D eigenvalue weighted by atomic mass is 16.1. The van der Waals surface area contributed by atoms with Crippen LogP contribution in [0.4, 0.5) is 0 Å². The van der Waals surface area contributed by atoms with E-state index in [2.05, 4.69) is 60.3 Å². The molecule has 3 rings (SSSR count). The maximum Gasteiger partial charge on any atom is 0.185 e. The molecule has 0 aromatic heterocycles. The minimum absolute atomic E-state index is 0.0934. The van der Waals surface area contributed by atoms with E-state index in [0.717, 1.165) is 24.0 Å². The summed E-state index contributed by atoms with van der Waals surface area (Å²) in [6.07, 6.45) is 28.9. The lowest BCUT2D eigenvalue weighted by atomic mass is 9.74. The van der Waals surface area contributed by atoms with Crippen LogP contribution >= 0.6 is 0 Å². The molecule has 3 aliphatic carbocycles. The number of hydrogen-bond acceptors (Lipinski definition) is 3. The fourth-order valence-corrected chi connectivity index (χ4v) is 4.40. The van der Waals surface area contributed by atoms with Crippen LogP contribution < -0.4 is 16.8 Å². The molecule has 0 spiro atoms. The Bertz CT molecular complexity index is 1120. The number of hydrogen-bond donors (Lipinski definition) is 3. The highest BCUT2D eigenvalue weighted by molar-refractivity contribution is 5.92. The number of aliphatic imine (C=N–C) groups is 1. The Kier molecular flexibility index (Phi) is 9.43. The van der Waals surface area contributed by atoms with Crippen molar-refractivity contribution in [1.29, 1.82) is 0 Å². The molecule has 3 atom stereocenters. The summed E-state index contributed by atoms with van der Waals surface area (Å²) in [7, 11) is 0. The van der Waals surface area contributed by atoms with Gasteiger partial charge in [0, 0.05) is 12.0 Å². The molecule has 3 aliphatic rings. The summed E-state index contributed by atoms with van der Waals surface area (Å²) in [5.41, 5.74) is 15.0. The summed E-state index contributed by atoms with van der Waals surface area (Å²) in [6, 6.07) is -0.552. The van der Waals surface area contributed by atoms with E-state index in [1.165, 1.54) is 11.1 Å². The zero-order valence-electron chi connectivity index (χ0n) is 21.8. The van der Waals surface area contributed by atoms with Crippen LogP contribution in [-0.4, -0.2) is 30.4 Å². The van der Waals surface area contributed by atoms with Crippen LogP contribution in [0.5, 0.6) is 0 Å². The molecule has 5 heteroatoms. The normalized spacial score (nSPS) is 23.5. The highest BCUT2D eigenvalue weighted by Crippen LogP contribution is 2.38. The standard InChI is InChI=1S/C31H40N4O/c1-22(18-19-34-30(32)33)20-28(35-27-15-10-8-6-5-7-9-12-23(27)2)29(36)31(3,4)26-14-11-13-24-21-25(24)16-17-26/h5-17,22,27-28,35H,2,18-21H2,1,3-4H3,(H4,32,33,34)/b7-5-,8-6-,12-9?,13-11?,14-11?,15-10-,17-16?,24-13?,25-16?,26-14?,26-17?. The van der Waals surface area contributed by atoms with Gasteiger partial charge in [0.05, 0.1) is 12.1 Å². The fourth-order valence-electron chi connectivity index (χ4n) is 4.40. The maximum absolute atomic E-state index is 14.2. The second-order valence-electron chi connectivity index (χ2n) is 10.3. The number of allylic oxidation sites excluding steroid dienone is 14. The van der Waals surface area contributed by atoms with E-state index in [1.807, 2.05) is 56.4 Å². The number of carbonyl (C=O) groups excluding carboxylic acids is 1. The molecule has 36 heavy (non-hydrogen) atoms. The van der Waals surface area contributed by atoms with Crippen LogP contribution in [0.15, 0.2) is 113 Å². The zero-order valence-corrected chi connectivity index (χ0v) is 21.8. The lowest BCUT2D eigenvalue weighted by molar-refractivity contribution is -0.128. The highest BCUT2D eigenvalue weighted by Gasteiger charge is 2.37. The SMILES string of the molecule is C=C1C=C\C=C/C=C\C=C/C1NC(CC(C)CCN=C(N)N)C(=O)C(C)(C)C1=CC=CC2=C(C=C1)C2. The Morgan fingerprint density at radius 2 is 1.75 bits per heavy atom. The molecule has 0 saturated heterocycles. The quantitative estimate of drug-likeness (QED) is 0.295. The molecule has 0 saturated carbocycles. The summed E-state index contributed by atoms with van der Waals surface area (Å²) in [5, 5.41) is 3.63. The number of nitrogens with two attached hydrogens (primary N) is 2. The van der Waals surface area contributed by atoms with Crippen molar-refractivity contribution in [3.63, 3.8) is 0 Å². The first-order valence-electron chi connectivity index (χ1n) is 12.7. The van der Waals surface area contributed by atoms with E-state index in [1.54, 1.807) is 0 Å². The second-order valence-corrected chi connectivity index (χ2v) is 10.3. The van der Waals surface area contributed by atoms with Crippen molar-refractivity contribution < 1.29 is 4.79 Å². The molecule has 0 heterocycles. The summed E-state index contributed by atoms with van der Waals surface area (Å²) in [5.74, 6) is 0.487. The molecular weight excluding hydrogens is 444 g/mol. The van der Waals surface area contributed by atoms with Crippen LogP contribution in [0.2, 0.25) is 0 Å². The van der Waals surface area contributed by atoms with Crippen molar-refractivity contribution in [2.75, 3.05) is 6.54 Å². The number of carbonyl (C=O) groups is 1. The Labute approximate surface area is 216 Å². The fraction of sp³-hybridized carbons (Fsp3) is 0.355. The van der Waals surface area contributed by atoms with E-state index in [4.69, 9.17) is 11.5 Å². The van der Waals surface area contributed by atoms with Gasteiger partial charge in [-0.05, 0) is 61.3 Å². The van der Waals surface area contributed by atoms with Gasteiger partial charge in [-0.3, -0.25) is 15.1 Å². The maximum atomic E-state index is 14.2. The number of Topliss-reactive ketones (excluding diaryl/α,β-unsaturated/α-hetero) is 1. The van der Waals surface area contributed by atoms with E-state index < -0.39 is 5.41 Å². The summed E-state index contributed by atoms with van der Waals surface area (Å²) >= 11 is 0. The number of guanidine groups is 1. The van der Waals surface area contributed by atoms with Gasteiger partial charge in [0.25, 0.3) is 0 Å². The second kappa shape index (κ2) is 12.5. The van der Waals surface area contributed by atoms with Crippen LogP contribution in [0.3, 0.4) is 0 Å². The topological polar surface area (TPSA) is 93.5 Å². The lowest BCUT2D eigenvalue weighted by Gasteiger charge is -2.33. The molecular formula is C31H40N4O. The van der Waals surface area contributed by atoms with Gasteiger partial charge in [-0.15, -0.1) is 0 Å². The van der Waals surface area contributed by atoms with Gasteiger partial charge < -0.3 is 11.5 Å².